The molecular formula is C14H12F3NO. The quantitative estimate of drug-likeness (QED) is 0.921. The summed E-state index contributed by atoms with van der Waals surface area (Å²) < 4.78 is 45.1. The molecule has 0 unspecified atom stereocenters. The van der Waals surface area contributed by atoms with E-state index < -0.39 is 17.5 Å². The molecule has 0 atom stereocenters. The third-order valence-electron chi connectivity index (χ3n) is 2.57. The number of ether oxygens (including phenoxy) is 1. The van der Waals surface area contributed by atoms with E-state index in [0.29, 0.717) is 18.5 Å². The molecule has 2 nitrogen and oxygen atoms in total. The van der Waals surface area contributed by atoms with Crippen molar-refractivity contribution < 1.29 is 17.9 Å². The Morgan fingerprint density at radius 1 is 0.947 bits per heavy atom. The van der Waals surface area contributed by atoms with Crippen LogP contribution in [0, 0.1) is 17.5 Å². The van der Waals surface area contributed by atoms with Crippen LogP contribution in [0.5, 0.6) is 11.5 Å². The summed E-state index contributed by atoms with van der Waals surface area (Å²) in [6, 6.07) is 7.73. The zero-order valence-electron chi connectivity index (χ0n) is 10.00. The zero-order valence-corrected chi connectivity index (χ0v) is 10.00. The average Bonchev–Trinajstić information content (AvgIpc) is 2.38. The van der Waals surface area contributed by atoms with Gasteiger partial charge in [-0.05, 0) is 42.8 Å². The van der Waals surface area contributed by atoms with Crippen molar-refractivity contribution in [2.24, 2.45) is 5.73 Å². The monoisotopic (exact) mass is 267 g/mol. The average molecular weight is 267 g/mol. The molecule has 0 aromatic heterocycles. The number of hydrogen-bond acceptors (Lipinski definition) is 2. The van der Waals surface area contributed by atoms with E-state index >= 15 is 0 Å². The van der Waals surface area contributed by atoms with E-state index in [1.54, 1.807) is 6.07 Å². The van der Waals surface area contributed by atoms with Crippen molar-refractivity contribution in [3.8, 4) is 11.5 Å². The van der Waals surface area contributed by atoms with Crippen molar-refractivity contribution in [3.63, 3.8) is 0 Å². The summed E-state index contributed by atoms with van der Waals surface area (Å²) in [5.41, 5.74) is 6.08. The van der Waals surface area contributed by atoms with Gasteiger partial charge in [-0.25, -0.2) is 8.78 Å². The Kier molecular flexibility index (Phi) is 4.06. The molecule has 2 N–H and O–H groups in total. The molecule has 0 spiro atoms. The summed E-state index contributed by atoms with van der Waals surface area (Å²) in [5.74, 6) is -3.35. The first kappa shape index (κ1) is 13.4. The molecule has 0 aliphatic rings. The van der Waals surface area contributed by atoms with Crippen molar-refractivity contribution in [3.05, 3.63) is 59.4 Å². The minimum atomic E-state index is -1.15. The lowest BCUT2D eigenvalue weighted by molar-refractivity contribution is 0.397. The van der Waals surface area contributed by atoms with Crippen LogP contribution >= 0.6 is 0 Å². The van der Waals surface area contributed by atoms with Crippen LogP contribution in [0.3, 0.4) is 0 Å². The van der Waals surface area contributed by atoms with Gasteiger partial charge in [0.1, 0.15) is 0 Å². The maximum atomic E-state index is 13.7. The van der Waals surface area contributed by atoms with E-state index in [4.69, 9.17) is 10.5 Å². The second kappa shape index (κ2) is 5.75. The Balaban J connectivity index is 2.26. The fourth-order valence-electron chi connectivity index (χ4n) is 1.63. The summed E-state index contributed by atoms with van der Waals surface area (Å²) in [5, 5.41) is 0. The molecule has 0 radical (unpaired) electrons. The fraction of sp³-hybridized carbons (Fsp3) is 0.143. The summed E-state index contributed by atoms with van der Waals surface area (Å²) >= 11 is 0. The maximum Gasteiger partial charge on any atom is 0.201 e. The summed E-state index contributed by atoms with van der Waals surface area (Å²) in [6.45, 7) is 0.401. The largest absolute Gasteiger partial charge is 0.451 e. The van der Waals surface area contributed by atoms with E-state index in [-0.39, 0.29) is 11.5 Å². The Bertz CT molecular complexity index is 587. The van der Waals surface area contributed by atoms with Gasteiger partial charge in [0.05, 0.1) is 0 Å². The second-order valence-electron chi connectivity index (χ2n) is 3.96. The third-order valence-corrected chi connectivity index (χ3v) is 2.57. The molecular weight excluding hydrogens is 255 g/mol. The van der Waals surface area contributed by atoms with Gasteiger partial charge in [0.2, 0.25) is 5.82 Å². The number of hydrogen-bond donors (Lipinski definition) is 1. The Morgan fingerprint density at radius 3 is 2.42 bits per heavy atom. The van der Waals surface area contributed by atoms with Crippen LogP contribution < -0.4 is 10.5 Å². The van der Waals surface area contributed by atoms with Crippen molar-refractivity contribution in [1.29, 1.82) is 0 Å². The summed E-state index contributed by atoms with van der Waals surface area (Å²) in [7, 11) is 0. The molecule has 0 heterocycles. The van der Waals surface area contributed by atoms with Crippen LogP contribution in [0.15, 0.2) is 36.4 Å². The molecule has 5 heteroatoms. The second-order valence-corrected chi connectivity index (χ2v) is 3.96. The summed E-state index contributed by atoms with van der Waals surface area (Å²) in [4.78, 5) is 0. The van der Waals surface area contributed by atoms with Crippen molar-refractivity contribution in [1.82, 2.24) is 0 Å². The minimum absolute atomic E-state index is 0.162. The Labute approximate surface area is 108 Å². The van der Waals surface area contributed by atoms with E-state index in [9.17, 15) is 13.2 Å². The van der Waals surface area contributed by atoms with Crippen LogP contribution in [0.4, 0.5) is 13.2 Å². The maximum absolute atomic E-state index is 13.7. The fourth-order valence-corrected chi connectivity index (χ4v) is 1.63. The lowest BCUT2D eigenvalue weighted by Crippen LogP contribution is -2.03. The van der Waals surface area contributed by atoms with Crippen LogP contribution in [0.25, 0.3) is 0 Å². The highest BCUT2D eigenvalue weighted by Crippen LogP contribution is 2.28. The van der Waals surface area contributed by atoms with Gasteiger partial charge in [-0.1, -0.05) is 12.1 Å². The lowest BCUT2D eigenvalue weighted by atomic mass is 10.1. The standard InChI is InChI=1S/C14H12F3NO/c15-10-2-1-3-13(14(10)17)19-12-5-4-9(6-7-18)8-11(12)16/h1-5,8H,6-7,18H2. The molecule has 2 aromatic rings. The van der Waals surface area contributed by atoms with Crippen molar-refractivity contribution in [2.45, 2.75) is 6.42 Å². The molecule has 0 fully saturated rings. The summed E-state index contributed by atoms with van der Waals surface area (Å²) in [6.07, 6.45) is 0.533. The predicted octanol–water partition coefficient (Wildman–Crippen LogP) is 3.40. The molecule has 100 valence electrons. The van der Waals surface area contributed by atoms with Crippen LogP contribution in [-0.4, -0.2) is 6.54 Å². The highest BCUT2D eigenvalue weighted by atomic mass is 19.2. The van der Waals surface area contributed by atoms with E-state index in [1.165, 1.54) is 24.3 Å². The number of halogens is 3. The van der Waals surface area contributed by atoms with E-state index in [0.717, 1.165) is 6.07 Å². The molecule has 0 aliphatic carbocycles. The molecule has 2 rings (SSSR count). The van der Waals surface area contributed by atoms with Gasteiger partial charge < -0.3 is 10.5 Å². The van der Waals surface area contributed by atoms with E-state index in [1.807, 2.05) is 0 Å². The van der Waals surface area contributed by atoms with Crippen LogP contribution in [0.2, 0.25) is 0 Å². The first-order chi connectivity index (χ1) is 9.11. The van der Waals surface area contributed by atoms with Gasteiger partial charge in [0, 0.05) is 0 Å². The molecule has 2 aromatic carbocycles. The van der Waals surface area contributed by atoms with Crippen molar-refractivity contribution in [2.75, 3.05) is 6.54 Å². The van der Waals surface area contributed by atoms with Gasteiger partial charge in [0.15, 0.2) is 23.1 Å². The molecule has 0 bridgehead atoms. The van der Waals surface area contributed by atoms with Gasteiger partial charge in [-0.3, -0.25) is 0 Å². The number of rotatable bonds is 4. The van der Waals surface area contributed by atoms with Crippen LogP contribution in [0.1, 0.15) is 5.56 Å². The van der Waals surface area contributed by atoms with Gasteiger partial charge >= 0.3 is 0 Å². The third kappa shape index (κ3) is 3.06. The topological polar surface area (TPSA) is 35.2 Å². The number of nitrogens with two attached hydrogens (primary N) is 1. The van der Waals surface area contributed by atoms with Gasteiger partial charge in [-0.2, -0.15) is 4.39 Å². The SMILES string of the molecule is NCCc1ccc(Oc2cccc(F)c2F)c(F)c1. The highest BCUT2D eigenvalue weighted by molar-refractivity contribution is 5.35. The van der Waals surface area contributed by atoms with Gasteiger partial charge in [0.25, 0.3) is 0 Å². The highest BCUT2D eigenvalue weighted by Gasteiger charge is 2.12. The Morgan fingerprint density at radius 2 is 1.74 bits per heavy atom. The van der Waals surface area contributed by atoms with Crippen LogP contribution in [-0.2, 0) is 6.42 Å². The van der Waals surface area contributed by atoms with Gasteiger partial charge in [-0.15, -0.1) is 0 Å². The molecule has 19 heavy (non-hydrogen) atoms. The molecule has 0 aliphatic heterocycles. The molecule has 0 saturated heterocycles. The first-order valence-electron chi connectivity index (χ1n) is 5.72. The Hall–Kier alpha value is -2.01. The normalized spacial score (nSPS) is 10.5. The zero-order chi connectivity index (χ0) is 13.8. The minimum Gasteiger partial charge on any atom is -0.451 e. The first-order valence-corrected chi connectivity index (χ1v) is 5.72. The molecule has 0 saturated carbocycles. The van der Waals surface area contributed by atoms with E-state index in [2.05, 4.69) is 0 Å². The van der Waals surface area contributed by atoms with Crippen molar-refractivity contribution >= 4 is 0 Å². The predicted molar refractivity (Wildman–Crippen MR) is 65.6 cm³/mol. The number of benzene rings is 2. The molecule has 0 amide bonds. The lowest BCUT2D eigenvalue weighted by Gasteiger charge is -2.09. The smallest absolute Gasteiger partial charge is 0.201 e.